The van der Waals surface area contributed by atoms with Crippen molar-refractivity contribution in [3.63, 3.8) is 0 Å². The third kappa shape index (κ3) is 3.02. The van der Waals surface area contributed by atoms with Crippen LogP contribution in [0.2, 0.25) is 0 Å². The van der Waals surface area contributed by atoms with E-state index in [1.807, 2.05) is 17.6 Å². The molecule has 0 radical (unpaired) electrons. The van der Waals surface area contributed by atoms with Gasteiger partial charge in [0.05, 0.1) is 10.6 Å². The van der Waals surface area contributed by atoms with Gasteiger partial charge in [-0.25, -0.2) is 0 Å². The first-order chi connectivity index (χ1) is 10.1. The van der Waals surface area contributed by atoms with Gasteiger partial charge >= 0.3 is 0 Å². The molecule has 0 atom stereocenters. The molecule has 0 aliphatic rings. The maximum atomic E-state index is 12.6. The van der Waals surface area contributed by atoms with E-state index >= 15 is 0 Å². The number of hydrogen-bond acceptors (Lipinski definition) is 3. The molecular formula is C16H18N2O3. The fourth-order valence-corrected chi connectivity index (χ4v) is 2.41. The summed E-state index contributed by atoms with van der Waals surface area (Å²) in [5.74, 6) is -0.174. The summed E-state index contributed by atoms with van der Waals surface area (Å²) in [6.07, 6.45) is 1.78. The van der Waals surface area contributed by atoms with Gasteiger partial charge in [0.25, 0.3) is 5.69 Å². The van der Waals surface area contributed by atoms with Crippen LogP contribution < -0.4 is 0 Å². The van der Waals surface area contributed by atoms with Crippen molar-refractivity contribution in [1.82, 2.24) is 4.57 Å². The van der Waals surface area contributed by atoms with Gasteiger partial charge in [-0.05, 0) is 25.0 Å². The second kappa shape index (κ2) is 6.35. The highest BCUT2D eigenvalue weighted by Crippen LogP contribution is 2.19. The monoisotopic (exact) mass is 286 g/mol. The average Bonchev–Trinajstić information content (AvgIpc) is 2.90. The van der Waals surface area contributed by atoms with Crippen molar-refractivity contribution in [1.29, 1.82) is 0 Å². The molecule has 2 rings (SSSR count). The predicted molar refractivity (Wildman–Crippen MR) is 80.6 cm³/mol. The molecule has 21 heavy (non-hydrogen) atoms. The highest BCUT2D eigenvalue weighted by atomic mass is 16.6. The van der Waals surface area contributed by atoms with Gasteiger partial charge in [0, 0.05) is 29.9 Å². The van der Waals surface area contributed by atoms with E-state index in [0.29, 0.717) is 11.3 Å². The Bertz CT molecular complexity index is 674. The summed E-state index contributed by atoms with van der Waals surface area (Å²) >= 11 is 0. The van der Waals surface area contributed by atoms with E-state index in [1.54, 1.807) is 18.2 Å². The Labute approximate surface area is 123 Å². The molecule has 0 fully saturated rings. The number of ketones is 1. The molecule has 0 bridgehead atoms. The summed E-state index contributed by atoms with van der Waals surface area (Å²) in [7, 11) is 0. The number of benzene rings is 1. The zero-order valence-corrected chi connectivity index (χ0v) is 12.2. The summed E-state index contributed by atoms with van der Waals surface area (Å²) in [4.78, 5) is 22.9. The standard InChI is InChI=1S/C16H18N2O3/c1-3-10-17-13(4-2)8-9-15(17)16(19)12-6-5-7-14(11-12)18(20)21/h5-9,11H,3-4,10H2,1-2H3. The minimum absolute atomic E-state index is 0.0647. The Morgan fingerprint density at radius 2 is 2.00 bits per heavy atom. The van der Waals surface area contributed by atoms with Crippen LogP contribution in [0.15, 0.2) is 36.4 Å². The van der Waals surface area contributed by atoms with Crippen molar-refractivity contribution in [2.45, 2.75) is 33.2 Å². The number of rotatable bonds is 6. The number of nitro benzene ring substituents is 1. The summed E-state index contributed by atoms with van der Waals surface area (Å²) < 4.78 is 2.00. The normalized spacial score (nSPS) is 10.6. The topological polar surface area (TPSA) is 65.1 Å². The lowest BCUT2D eigenvalue weighted by atomic mass is 10.1. The Morgan fingerprint density at radius 1 is 1.24 bits per heavy atom. The number of nitro groups is 1. The number of nitrogens with zero attached hydrogens (tertiary/aromatic N) is 2. The Kier molecular flexibility index (Phi) is 4.52. The first-order valence-corrected chi connectivity index (χ1v) is 7.06. The first kappa shape index (κ1) is 15.0. The predicted octanol–water partition coefficient (Wildman–Crippen LogP) is 3.60. The van der Waals surface area contributed by atoms with E-state index in [-0.39, 0.29) is 11.5 Å². The fourth-order valence-electron chi connectivity index (χ4n) is 2.41. The Hall–Kier alpha value is -2.43. The minimum atomic E-state index is -0.487. The van der Waals surface area contributed by atoms with Crippen molar-refractivity contribution in [2.24, 2.45) is 0 Å². The molecule has 5 nitrogen and oxygen atoms in total. The molecule has 0 unspecified atom stereocenters. The average molecular weight is 286 g/mol. The first-order valence-electron chi connectivity index (χ1n) is 7.06. The van der Waals surface area contributed by atoms with Gasteiger partial charge in [-0.1, -0.05) is 26.0 Å². The van der Waals surface area contributed by atoms with Crippen molar-refractivity contribution >= 4 is 11.5 Å². The van der Waals surface area contributed by atoms with Gasteiger partial charge in [-0.15, -0.1) is 0 Å². The van der Waals surface area contributed by atoms with Crippen LogP contribution in [0, 0.1) is 10.1 Å². The van der Waals surface area contributed by atoms with E-state index in [9.17, 15) is 14.9 Å². The molecule has 0 aliphatic heterocycles. The zero-order chi connectivity index (χ0) is 15.4. The second-order valence-electron chi connectivity index (χ2n) is 4.85. The van der Waals surface area contributed by atoms with Gasteiger partial charge in [0.2, 0.25) is 5.78 Å². The van der Waals surface area contributed by atoms with Gasteiger partial charge in [-0.2, -0.15) is 0 Å². The van der Waals surface area contributed by atoms with E-state index in [1.165, 1.54) is 12.1 Å². The summed E-state index contributed by atoms with van der Waals surface area (Å²) in [5.41, 5.74) is 1.98. The Balaban J connectivity index is 2.42. The van der Waals surface area contributed by atoms with Gasteiger partial charge < -0.3 is 4.57 Å². The Morgan fingerprint density at radius 3 is 2.62 bits per heavy atom. The molecular weight excluding hydrogens is 268 g/mol. The smallest absolute Gasteiger partial charge is 0.270 e. The van der Waals surface area contributed by atoms with E-state index in [2.05, 4.69) is 6.92 Å². The molecule has 0 saturated heterocycles. The zero-order valence-electron chi connectivity index (χ0n) is 12.2. The third-order valence-electron chi connectivity index (χ3n) is 3.43. The maximum absolute atomic E-state index is 12.6. The summed E-state index contributed by atoms with van der Waals surface area (Å²) in [6.45, 7) is 4.87. The van der Waals surface area contributed by atoms with Crippen LogP contribution >= 0.6 is 0 Å². The van der Waals surface area contributed by atoms with Crippen LogP contribution in [-0.2, 0) is 13.0 Å². The van der Waals surface area contributed by atoms with Gasteiger partial charge in [-0.3, -0.25) is 14.9 Å². The molecule has 0 aliphatic carbocycles. The molecule has 0 N–H and O–H groups in total. The number of aromatic nitrogens is 1. The quantitative estimate of drug-likeness (QED) is 0.463. The van der Waals surface area contributed by atoms with Crippen LogP contribution in [0.3, 0.4) is 0 Å². The number of carbonyl (C=O) groups excluding carboxylic acids is 1. The second-order valence-corrected chi connectivity index (χ2v) is 4.85. The van der Waals surface area contributed by atoms with Crippen molar-refractivity contribution in [3.8, 4) is 0 Å². The molecule has 5 heteroatoms. The molecule has 0 spiro atoms. The maximum Gasteiger partial charge on any atom is 0.270 e. The van der Waals surface area contributed by atoms with Crippen LogP contribution in [0.25, 0.3) is 0 Å². The number of non-ortho nitro benzene ring substituents is 1. The molecule has 2 aromatic rings. The summed E-state index contributed by atoms with van der Waals surface area (Å²) in [5, 5.41) is 10.8. The van der Waals surface area contributed by atoms with E-state index < -0.39 is 4.92 Å². The molecule has 1 aromatic heterocycles. The lowest BCUT2D eigenvalue weighted by molar-refractivity contribution is -0.384. The highest BCUT2D eigenvalue weighted by Gasteiger charge is 2.18. The van der Waals surface area contributed by atoms with E-state index in [0.717, 1.165) is 25.1 Å². The lowest BCUT2D eigenvalue weighted by Crippen LogP contribution is -2.12. The highest BCUT2D eigenvalue weighted by molar-refractivity contribution is 6.08. The fraction of sp³-hybridized carbons (Fsp3) is 0.312. The number of aryl methyl sites for hydroxylation is 1. The largest absolute Gasteiger partial charge is 0.342 e. The van der Waals surface area contributed by atoms with Crippen molar-refractivity contribution < 1.29 is 9.72 Å². The van der Waals surface area contributed by atoms with Crippen LogP contribution in [0.5, 0.6) is 0 Å². The summed E-state index contributed by atoms with van der Waals surface area (Å²) in [6, 6.07) is 9.62. The van der Waals surface area contributed by atoms with E-state index in [4.69, 9.17) is 0 Å². The van der Waals surface area contributed by atoms with Gasteiger partial charge in [0.1, 0.15) is 0 Å². The SMILES string of the molecule is CCCn1c(CC)ccc1C(=O)c1cccc([N+](=O)[O-])c1. The molecule has 110 valence electrons. The molecule has 0 saturated carbocycles. The van der Waals surface area contributed by atoms with Crippen LogP contribution in [-0.4, -0.2) is 15.3 Å². The van der Waals surface area contributed by atoms with Crippen molar-refractivity contribution in [3.05, 3.63) is 63.5 Å². The van der Waals surface area contributed by atoms with Gasteiger partial charge in [0.15, 0.2) is 0 Å². The minimum Gasteiger partial charge on any atom is -0.342 e. The van der Waals surface area contributed by atoms with Crippen molar-refractivity contribution in [2.75, 3.05) is 0 Å². The molecule has 0 amide bonds. The number of carbonyl (C=O) groups is 1. The molecule has 1 heterocycles. The number of hydrogen-bond donors (Lipinski definition) is 0. The molecule has 1 aromatic carbocycles. The third-order valence-corrected chi connectivity index (χ3v) is 3.43. The lowest BCUT2D eigenvalue weighted by Gasteiger charge is -2.11. The van der Waals surface area contributed by atoms with Crippen LogP contribution in [0.4, 0.5) is 5.69 Å². The van der Waals surface area contributed by atoms with Crippen LogP contribution in [0.1, 0.15) is 42.0 Å².